The first kappa shape index (κ1) is 13.2. The number of rotatable bonds is 4. The summed E-state index contributed by atoms with van der Waals surface area (Å²) in [6.45, 7) is 9.72. The predicted octanol–water partition coefficient (Wildman–Crippen LogP) is 3.91. The van der Waals surface area contributed by atoms with Crippen LogP contribution in [0.15, 0.2) is 24.3 Å². The second-order valence-corrected chi connectivity index (χ2v) is 5.45. The highest BCUT2D eigenvalue weighted by atomic mass is 19.1. The minimum Gasteiger partial charge on any atom is -0.309 e. The molecule has 0 saturated heterocycles. The van der Waals surface area contributed by atoms with Crippen LogP contribution in [-0.2, 0) is 0 Å². The second kappa shape index (κ2) is 5.44. The summed E-state index contributed by atoms with van der Waals surface area (Å²) in [4.78, 5) is 0. The number of hydrogen-bond acceptors (Lipinski definition) is 1. The Bertz CT molecular complexity index is 311. The van der Waals surface area contributed by atoms with E-state index in [1.165, 1.54) is 12.1 Å². The molecule has 1 N–H and O–H groups in total. The van der Waals surface area contributed by atoms with E-state index in [1.807, 2.05) is 12.1 Å². The first-order valence-electron chi connectivity index (χ1n) is 5.91. The molecule has 1 aromatic carbocycles. The molecule has 0 aliphatic rings. The lowest BCUT2D eigenvalue weighted by atomic mass is 9.95. The lowest BCUT2D eigenvalue weighted by molar-refractivity contribution is 0.349. The van der Waals surface area contributed by atoms with Crippen LogP contribution in [0, 0.1) is 11.2 Å². The maximum atomic E-state index is 12.8. The van der Waals surface area contributed by atoms with Crippen molar-refractivity contribution >= 4 is 0 Å². The van der Waals surface area contributed by atoms with Crippen molar-refractivity contribution in [2.75, 3.05) is 6.54 Å². The fourth-order valence-electron chi connectivity index (χ4n) is 1.62. The molecule has 0 fully saturated rings. The number of benzene rings is 1. The Kier molecular flexibility index (Phi) is 4.48. The van der Waals surface area contributed by atoms with E-state index in [9.17, 15) is 4.39 Å². The quantitative estimate of drug-likeness (QED) is 0.816. The minimum atomic E-state index is -0.172. The van der Waals surface area contributed by atoms with E-state index in [-0.39, 0.29) is 11.2 Å². The van der Waals surface area contributed by atoms with Crippen LogP contribution < -0.4 is 5.32 Å². The Balaban J connectivity index is 2.64. The molecule has 1 unspecified atom stereocenters. The van der Waals surface area contributed by atoms with Gasteiger partial charge in [-0.15, -0.1) is 0 Å². The summed E-state index contributed by atoms with van der Waals surface area (Å²) < 4.78 is 12.8. The Morgan fingerprint density at radius 2 is 1.75 bits per heavy atom. The number of halogens is 1. The van der Waals surface area contributed by atoms with Gasteiger partial charge in [0, 0.05) is 12.6 Å². The molecule has 0 spiro atoms. The summed E-state index contributed by atoms with van der Waals surface area (Å²) in [5.74, 6) is -0.172. The third-order valence-electron chi connectivity index (χ3n) is 2.56. The van der Waals surface area contributed by atoms with Crippen molar-refractivity contribution in [1.29, 1.82) is 0 Å². The zero-order valence-electron chi connectivity index (χ0n) is 10.7. The first-order chi connectivity index (χ1) is 7.42. The van der Waals surface area contributed by atoms with Crippen LogP contribution in [0.1, 0.15) is 45.7 Å². The lowest BCUT2D eigenvalue weighted by Crippen LogP contribution is -2.30. The van der Waals surface area contributed by atoms with Gasteiger partial charge in [-0.05, 0) is 29.5 Å². The summed E-state index contributed by atoms with van der Waals surface area (Å²) >= 11 is 0. The smallest absolute Gasteiger partial charge is 0.123 e. The zero-order chi connectivity index (χ0) is 12.2. The molecule has 90 valence electrons. The highest BCUT2D eigenvalue weighted by molar-refractivity contribution is 5.19. The molecule has 1 atom stereocenters. The number of hydrogen-bond donors (Lipinski definition) is 1. The van der Waals surface area contributed by atoms with Crippen molar-refractivity contribution in [3.63, 3.8) is 0 Å². The Hall–Kier alpha value is -0.890. The van der Waals surface area contributed by atoms with Gasteiger partial charge in [0.2, 0.25) is 0 Å². The van der Waals surface area contributed by atoms with Crippen LogP contribution >= 0.6 is 0 Å². The van der Waals surface area contributed by atoms with Crippen LogP contribution in [0.4, 0.5) is 4.39 Å². The third kappa shape index (κ3) is 4.31. The molecule has 0 saturated carbocycles. The summed E-state index contributed by atoms with van der Waals surface area (Å²) in [6, 6.07) is 7.09. The molecule has 0 amide bonds. The highest BCUT2D eigenvalue weighted by Gasteiger charge is 2.14. The van der Waals surface area contributed by atoms with Gasteiger partial charge in [-0.3, -0.25) is 0 Å². The maximum absolute atomic E-state index is 12.8. The fraction of sp³-hybridized carbons (Fsp3) is 0.571. The van der Waals surface area contributed by atoms with Gasteiger partial charge in [0.05, 0.1) is 0 Å². The molecule has 2 heteroatoms. The molecule has 0 aliphatic heterocycles. The van der Waals surface area contributed by atoms with Crippen molar-refractivity contribution in [3.05, 3.63) is 35.6 Å². The van der Waals surface area contributed by atoms with E-state index >= 15 is 0 Å². The van der Waals surface area contributed by atoms with Gasteiger partial charge in [-0.25, -0.2) is 4.39 Å². The second-order valence-electron chi connectivity index (χ2n) is 5.45. The number of nitrogens with one attached hydrogen (secondary N) is 1. The van der Waals surface area contributed by atoms with Crippen molar-refractivity contribution in [2.24, 2.45) is 5.41 Å². The molecule has 0 aliphatic carbocycles. The largest absolute Gasteiger partial charge is 0.309 e. The van der Waals surface area contributed by atoms with Crippen molar-refractivity contribution < 1.29 is 4.39 Å². The monoisotopic (exact) mass is 223 g/mol. The molecule has 1 aromatic rings. The molecular formula is C14H22FN. The molecule has 1 nitrogen and oxygen atoms in total. The van der Waals surface area contributed by atoms with Crippen LogP contribution in [0.5, 0.6) is 0 Å². The summed E-state index contributed by atoms with van der Waals surface area (Å²) in [5, 5.41) is 3.52. The summed E-state index contributed by atoms with van der Waals surface area (Å²) in [5.41, 5.74) is 1.43. The summed E-state index contributed by atoms with van der Waals surface area (Å²) in [6.07, 6.45) is 1.02. The van der Waals surface area contributed by atoms with E-state index in [4.69, 9.17) is 0 Å². The van der Waals surface area contributed by atoms with Gasteiger partial charge in [0.1, 0.15) is 5.82 Å². The highest BCUT2D eigenvalue weighted by Crippen LogP contribution is 2.19. The normalized spacial score (nSPS) is 13.8. The lowest BCUT2D eigenvalue weighted by Gasteiger charge is -2.24. The molecule has 16 heavy (non-hydrogen) atoms. The summed E-state index contributed by atoms with van der Waals surface area (Å²) in [7, 11) is 0. The van der Waals surface area contributed by atoms with Crippen LogP contribution in [-0.4, -0.2) is 6.54 Å². The Morgan fingerprint density at radius 3 is 2.19 bits per heavy atom. The van der Waals surface area contributed by atoms with Gasteiger partial charge in [0.25, 0.3) is 0 Å². The van der Waals surface area contributed by atoms with E-state index in [0.29, 0.717) is 6.04 Å². The predicted molar refractivity (Wildman–Crippen MR) is 66.9 cm³/mol. The Morgan fingerprint density at radius 1 is 1.19 bits per heavy atom. The van der Waals surface area contributed by atoms with Gasteiger partial charge in [-0.2, -0.15) is 0 Å². The van der Waals surface area contributed by atoms with Gasteiger partial charge >= 0.3 is 0 Å². The van der Waals surface area contributed by atoms with E-state index in [1.54, 1.807) is 0 Å². The first-order valence-corrected chi connectivity index (χ1v) is 5.91. The van der Waals surface area contributed by atoms with Crippen LogP contribution in [0.25, 0.3) is 0 Å². The van der Waals surface area contributed by atoms with E-state index < -0.39 is 0 Å². The fourth-order valence-corrected chi connectivity index (χ4v) is 1.62. The average molecular weight is 223 g/mol. The van der Waals surface area contributed by atoms with Crippen molar-refractivity contribution in [2.45, 2.75) is 40.2 Å². The standard InChI is InChI=1S/C14H22FN/c1-5-13(16-10-14(2,3)4)11-6-8-12(15)9-7-11/h6-9,13,16H,5,10H2,1-4H3. The third-order valence-corrected chi connectivity index (χ3v) is 2.56. The zero-order valence-corrected chi connectivity index (χ0v) is 10.7. The topological polar surface area (TPSA) is 12.0 Å². The van der Waals surface area contributed by atoms with E-state index in [2.05, 4.69) is 33.0 Å². The molecular weight excluding hydrogens is 201 g/mol. The molecule has 0 bridgehead atoms. The SMILES string of the molecule is CCC(NCC(C)(C)C)c1ccc(F)cc1. The molecule has 0 radical (unpaired) electrons. The van der Waals surface area contributed by atoms with E-state index in [0.717, 1.165) is 18.5 Å². The van der Waals surface area contributed by atoms with Crippen LogP contribution in [0.3, 0.4) is 0 Å². The van der Waals surface area contributed by atoms with Gasteiger partial charge in [-0.1, -0.05) is 39.8 Å². The molecule has 1 rings (SSSR count). The maximum Gasteiger partial charge on any atom is 0.123 e. The molecule has 0 aromatic heterocycles. The molecule has 0 heterocycles. The average Bonchev–Trinajstić information content (AvgIpc) is 2.20. The van der Waals surface area contributed by atoms with Crippen LogP contribution in [0.2, 0.25) is 0 Å². The van der Waals surface area contributed by atoms with Gasteiger partial charge < -0.3 is 5.32 Å². The van der Waals surface area contributed by atoms with Crippen molar-refractivity contribution in [3.8, 4) is 0 Å². The van der Waals surface area contributed by atoms with Crippen molar-refractivity contribution in [1.82, 2.24) is 5.32 Å². The van der Waals surface area contributed by atoms with Gasteiger partial charge in [0.15, 0.2) is 0 Å². The minimum absolute atomic E-state index is 0.172. The Labute approximate surface area is 98.1 Å².